The van der Waals surface area contributed by atoms with Gasteiger partial charge in [0, 0.05) is 24.2 Å². The van der Waals surface area contributed by atoms with Gasteiger partial charge >= 0.3 is 0 Å². The highest BCUT2D eigenvalue weighted by Gasteiger charge is 2.29. The lowest BCUT2D eigenvalue weighted by Gasteiger charge is -2.37. The van der Waals surface area contributed by atoms with Crippen molar-refractivity contribution in [3.05, 3.63) is 42.1 Å². The number of hydrogen-bond donors (Lipinski definition) is 1. The number of benzene rings is 1. The number of aliphatic hydroxyl groups excluding tert-OH is 1. The minimum atomic E-state index is 0.00218. The van der Waals surface area contributed by atoms with Crippen LogP contribution in [0.4, 0.5) is 0 Å². The molecule has 0 aliphatic heterocycles. The summed E-state index contributed by atoms with van der Waals surface area (Å²) in [5.74, 6) is 0.00218. The predicted octanol–water partition coefficient (Wildman–Crippen LogP) is 2.22. The highest BCUT2D eigenvalue weighted by atomic mass is 16.3. The number of aromatic nitrogens is 1. The van der Waals surface area contributed by atoms with Crippen LogP contribution in [-0.4, -0.2) is 40.1 Å². The molecule has 1 aliphatic carbocycles. The summed E-state index contributed by atoms with van der Waals surface area (Å²) in [6, 6.07) is 9.72. The van der Waals surface area contributed by atoms with Gasteiger partial charge in [0.2, 0.25) is 0 Å². The number of nitrogens with zero attached hydrogens (tertiary/aromatic N) is 2. The molecule has 0 saturated heterocycles. The number of amides is 1. The summed E-state index contributed by atoms with van der Waals surface area (Å²) in [4.78, 5) is 18.9. The number of carbonyl (C=O) groups excluding carboxylic acids is 1. The molecule has 0 unspecified atom stereocenters. The van der Waals surface area contributed by atoms with E-state index in [2.05, 4.69) is 4.98 Å². The van der Waals surface area contributed by atoms with Gasteiger partial charge in [-0.05, 0) is 31.4 Å². The lowest BCUT2D eigenvalue weighted by Crippen LogP contribution is -2.45. The Bertz CT molecular complexity index is 617. The maximum Gasteiger partial charge on any atom is 0.254 e. The average Bonchev–Trinajstić information content (AvgIpc) is 2.43. The quantitative estimate of drug-likeness (QED) is 0.926. The molecular formula is C16H18N2O2. The molecule has 4 nitrogen and oxygen atoms in total. The van der Waals surface area contributed by atoms with Gasteiger partial charge in [0.05, 0.1) is 17.7 Å². The van der Waals surface area contributed by atoms with Crippen LogP contribution in [0.2, 0.25) is 0 Å². The summed E-state index contributed by atoms with van der Waals surface area (Å²) in [6.45, 7) is 0.408. The second-order valence-electron chi connectivity index (χ2n) is 5.18. The van der Waals surface area contributed by atoms with E-state index in [1.807, 2.05) is 29.2 Å². The molecule has 1 saturated carbocycles. The minimum absolute atomic E-state index is 0.00218. The monoisotopic (exact) mass is 270 g/mol. The smallest absolute Gasteiger partial charge is 0.254 e. The average molecular weight is 270 g/mol. The molecule has 0 bridgehead atoms. The first kappa shape index (κ1) is 13.1. The van der Waals surface area contributed by atoms with Crippen molar-refractivity contribution in [1.82, 2.24) is 9.88 Å². The molecule has 104 valence electrons. The molecule has 1 heterocycles. The van der Waals surface area contributed by atoms with Gasteiger partial charge in [-0.1, -0.05) is 18.2 Å². The highest BCUT2D eigenvalue weighted by Crippen LogP contribution is 2.27. The van der Waals surface area contributed by atoms with Crippen molar-refractivity contribution in [2.45, 2.75) is 25.3 Å². The highest BCUT2D eigenvalue weighted by molar-refractivity contribution is 6.06. The topological polar surface area (TPSA) is 53.4 Å². The molecule has 0 atom stereocenters. The maximum absolute atomic E-state index is 12.8. The van der Waals surface area contributed by atoms with Crippen LogP contribution in [0.1, 0.15) is 29.6 Å². The summed E-state index contributed by atoms with van der Waals surface area (Å²) < 4.78 is 0. The van der Waals surface area contributed by atoms with Crippen LogP contribution in [0.5, 0.6) is 0 Å². The molecule has 1 N–H and O–H groups in total. The van der Waals surface area contributed by atoms with Crippen molar-refractivity contribution < 1.29 is 9.90 Å². The number of pyridine rings is 1. The number of rotatable bonds is 4. The third kappa shape index (κ3) is 2.27. The van der Waals surface area contributed by atoms with Crippen molar-refractivity contribution in [1.29, 1.82) is 0 Å². The second-order valence-corrected chi connectivity index (χ2v) is 5.18. The van der Waals surface area contributed by atoms with E-state index in [0.717, 1.165) is 30.2 Å². The molecule has 0 spiro atoms. The van der Waals surface area contributed by atoms with Gasteiger partial charge in [0.15, 0.2) is 0 Å². The first-order chi connectivity index (χ1) is 9.81. The fourth-order valence-corrected chi connectivity index (χ4v) is 2.69. The SMILES string of the molecule is O=C(c1ccnc2ccccc12)N(CCO)C1CCC1. The zero-order valence-corrected chi connectivity index (χ0v) is 11.3. The maximum atomic E-state index is 12.8. The van der Waals surface area contributed by atoms with Gasteiger partial charge in [-0.15, -0.1) is 0 Å². The van der Waals surface area contributed by atoms with Crippen LogP contribution < -0.4 is 0 Å². The second kappa shape index (κ2) is 5.59. The Labute approximate surface area is 118 Å². The van der Waals surface area contributed by atoms with Crippen molar-refractivity contribution in [3.8, 4) is 0 Å². The van der Waals surface area contributed by atoms with Gasteiger partial charge in [-0.2, -0.15) is 0 Å². The van der Waals surface area contributed by atoms with Crippen molar-refractivity contribution in [3.63, 3.8) is 0 Å². The van der Waals surface area contributed by atoms with Gasteiger partial charge < -0.3 is 10.0 Å². The summed E-state index contributed by atoms with van der Waals surface area (Å²) >= 11 is 0. The van der Waals surface area contributed by atoms with Crippen LogP contribution in [0, 0.1) is 0 Å². The molecule has 3 rings (SSSR count). The molecular weight excluding hydrogens is 252 g/mol. The molecule has 4 heteroatoms. The van der Waals surface area contributed by atoms with Crippen LogP contribution in [-0.2, 0) is 0 Å². The standard InChI is InChI=1S/C16H18N2O2/c19-11-10-18(12-4-3-5-12)16(20)14-8-9-17-15-7-2-1-6-13(14)15/h1-2,6-9,12,19H,3-5,10-11H2. The Kier molecular flexibility index (Phi) is 3.65. The Morgan fingerprint density at radius 2 is 2.10 bits per heavy atom. The normalized spacial score (nSPS) is 15.1. The summed E-state index contributed by atoms with van der Waals surface area (Å²) in [7, 11) is 0. The molecule has 1 aliphatic rings. The largest absolute Gasteiger partial charge is 0.395 e. The first-order valence-electron chi connectivity index (χ1n) is 7.07. The van der Waals surface area contributed by atoms with E-state index in [1.165, 1.54) is 0 Å². The van der Waals surface area contributed by atoms with E-state index in [9.17, 15) is 9.90 Å². The minimum Gasteiger partial charge on any atom is -0.395 e. The van der Waals surface area contributed by atoms with E-state index in [-0.39, 0.29) is 18.6 Å². The lowest BCUT2D eigenvalue weighted by molar-refractivity contribution is 0.0527. The summed E-state index contributed by atoms with van der Waals surface area (Å²) in [5, 5.41) is 10.1. The van der Waals surface area contributed by atoms with Crippen LogP contribution >= 0.6 is 0 Å². The van der Waals surface area contributed by atoms with Crippen molar-refractivity contribution >= 4 is 16.8 Å². The molecule has 1 aromatic carbocycles. The fourth-order valence-electron chi connectivity index (χ4n) is 2.69. The zero-order chi connectivity index (χ0) is 13.9. The third-order valence-corrected chi connectivity index (χ3v) is 4.00. The Morgan fingerprint density at radius 1 is 1.30 bits per heavy atom. The van der Waals surface area contributed by atoms with E-state index in [1.54, 1.807) is 12.3 Å². The van der Waals surface area contributed by atoms with Gasteiger partial charge in [0.1, 0.15) is 0 Å². The van der Waals surface area contributed by atoms with E-state index in [4.69, 9.17) is 0 Å². The summed E-state index contributed by atoms with van der Waals surface area (Å²) in [6.07, 6.45) is 4.91. The van der Waals surface area contributed by atoms with Gasteiger partial charge in [0.25, 0.3) is 5.91 Å². The van der Waals surface area contributed by atoms with Crippen molar-refractivity contribution in [2.24, 2.45) is 0 Å². The van der Waals surface area contributed by atoms with E-state index in [0.29, 0.717) is 12.1 Å². The molecule has 1 fully saturated rings. The Morgan fingerprint density at radius 3 is 2.80 bits per heavy atom. The number of carbonyl (C=O) groups is 1. The lowest BCUT2D eigenvalue weighted by atomic mass is 9.90. The van der Waals surface area contributed by atoms with E-state index < -0.39 is 0 Å². The number of hydrogen-bond acceptors (Lipinski definition) is 3. The van der Waals surface area contributed by atoms with Crippen LogP contribution in [0.15, 0.2) is 36.5 Å². The van der Waals surface area contributed by atoms with Crippen LogP contribution in [0.3, 0.4) is 0 Å². The molecule has 20 heavy (non-hydrogen) atoms. The Hall–Kier alpha value is -1.94. The fraction of sp³-hybridized carbons (Fsp3) is 0.375. The molecule has 0 radical (unpaired) electrons. The number of para-hydroxylation sites is 1. The third-order valence-electron chi connectivity index (χ3n) is 4.00. The van der Waals surface area contributed by atoms with E-state index >= 15 is 0 Å². The molecule has 2 aromatic rings. The first-order valence-corrected chi connectivity index (χ1v) is 7.07. The van der Waals surface area contributed by atoms with Gasteiger partial charge in [-0.3, -0.25) is 9.78 Å². The van der Waals surface area contributed by atoms with Gasteiger partial charge in [-0.25, -0.2) is 0 Å². The summed E-state index contributed by atoms with van der Waals surface area (Å²) in [5.41, 5.74) is 1.51. The number of fused-ring (bicyclic) bond motifs is 1. The predicted molar refractivity (Wildman–Crippen MR) is 77.5 cm³/mol. The molecule has 1 amide bonds. The Balaban J connectivity index is 1.98. The van der Waals surface area contributed by atoms with Crippen molar-refractivity contribution in [2.75, 3.05) is 13.2 Å². The van der Waals surface area contributed by atoms with Crippen LogP contribution in [0.25, 0.3) is 10.9 Å². The zero-order valence-electron chi connectivity index (χ0n) is 11.3. The molecule has 1 aromatic heterocycles. The number of aliphatic hydroxyl groups is 1.